The molecule has 0 amide bonds. The zero-order chi connectivity index (χ0) is 13.0. The van der Waals surface area contributed by atoms with Crippen molar-refractivity contribution in [2.45, 2.75) is 6.04 Å². The zero-order valence-corrected chi connectivity index (χ0v) is 10.5. The van der Waals surface area contributed by atoms with Crippen LogP contribution < -0.4 is 9.64 Å². The maximum absolute atomic E-state index is 11.7. The summed E-state index contributed by atoms with van der Waals surface area (Å²) in [6.45, 7) is 1.54. The molecule has 0 bridgehead atoms. The van der Waals surface area contributed by atoms with Gasteiger partial charge in [-0.2, -0.15) is 0 Å². The highest BCUT2D eigenvalue weighted by molar-refractivity contribution is 5.80. The minimum atomic E-state index is -0.421. The van der Waals surface area contributed by atoms with Crippen LogP contribution in [-0.4, -0.2) is 51.0 Å². The molecule has 1 atom stereocenters. The fourth-order valence-corrected chi connectivity index (χ4v) is 1.93. The second kappa shape index (κ2) is 5.68. The van der Waals surface area contributed by atoms with Gasteiger partial charge in [-0.3, -0.25) is 0 Å². The van der Waals surface area contributed by atoms with Crippen molar-refractivity contribution in [3.8, 4) is 5.88 Å². The Morgan fingerprint density at radius 3 is 3.11 bits per heavy atom. The number of methoxy groups -OCH3 is 2. The van der Waals surface area contributed by atoms with E-state index >= 15 is 0 Å². The number of pyridine rings is 1. The fourth-order valence-electron chi connectivity index (χ4n) is 1.93. The average Bonchev–Trinajstić information content (AvgIpc) is 2.46. The summed E-state index contributed by atoms with van der Waals surface area (Å²) in [5, 5.41) is 0. The molecule has 0 saturated carbocycles. The molecule has 1 aliphatic rings. The van der Waals surface area contributed by atoms with Gasteiger partial charge in [0.2, 0.25) is 5.88 Å². The number of nitrogens with zero attached hydrogens (tertiary/aromatic N) is 2. The van der Waals surface area contributed by atoms with Gasteiger partial charge in [0, 0.05) is 24.5 Å². The first-order chi connectivity index (χ1) is 8.76. The van der Waals surface area contributed by atoms with Gasteiger partial charge in [-0.15, -0.1) is 0 Å². The van der Waals surface area contributed by atoms with Crippen molar-refractivity contribution in [2.75, 3.05) is 38.9 Å². The van der Waals surface area contributed by atoms with Crippen LogP contribution in [0.15, 0.2) is 18.3 Å². The van der Waals surface area contributed by atoms with Crippen LogP contribution in [0.4, 0.5) is 5.69 Å². The van der Waals surface area contributed by atoms with Gasteiger partial charge >= 0.3 is 5.97 Å². The van der Waals surface area contributed by atoms with Gasteiger partial charge in [0.05, 0.1) is 27.4 Å². The molecule has 6 nitrogen and oxygen atoms in total. The number of hydrogen-bond acceptors (Lipinski definition) is 6. The van der Waals surface area contributed by atoms with Crippen LogP contribution in [0.1, 0.15) is 0 Å². The summed E-state index contributed by atoms with van der Waals surface area (Å²) in [6, 6.07) is 3.21. The maximum Gasteiger partial charge on any atom is 0.330 e. The number of hydrogen-bond donors (Lipinski definition) is 0. The summed E-state index contributed by atoms with van der Waals surface area (Å²) in [5.41, 5.74) is 0.876. The summed E-state index contributed by atoms with van der Waals surface area (Å²) < 4.78 is 15.2. The lowest BCUT2D eigenvalue weighted by Gasteiger charge is -2.35. The predicted molar refractivity (Wildman–Crippen MR) is 64.8 cm³/mol. The molecule has 0 N–H and O–H groups in total. The third-order valence-corrected chi connectivity index (χ3v) is 2.86. The number of ether oxygens (including phenoxy) is 3. The minimum absolute atomic E-state index is 0.300. The van der Waals surface area contributed by atoms with E-state index in [-0.39, 0.29) is 5.97 Å². The monoisotopic (exact) mass is 252 g/mol. The average molecular weight is 252 g/mol. The van der Waals surface area contributed by atoms with E-state index in [1.807, 2.05) is 11.0 Å². The number of carbonyl (C=O) groups is 1. The van der Waals surface area contributed by atoms with Crippen LogP contribution in [0.3, 0.4) is 0 Å². The third kappa shape index (κ3) is 2.53. The lowest BCUT2D eigenvalue weighted by Crippen LogP contribution is -2.50. The van der Waals surface area contributed by atoms with E-state index < -0.39 is 6.04 Å². The molecule has 0 aromatic carbocycles. The predicted octanol–water partition coefficient (Wildman–Crippen LogP) is 0.468. The SMILES string of the molecule is COC(=O)C1COCCN1c1ccnc(OC)c1. The van der Waals surface area contributed by atoms with Crippen molar-refractivity contribution < 1.29 is 19.0 Å². The van der Waals surface area contributed by atoms with Crippen LogP contribution >= 0.6 is 0 Å². The number of morpholine rings is 1. The van der Waals surface area contributed by atoms with Crippen LogP contribution in [0.2, 0.25) is 0 Å². The van der Waals surface area contributed by atoms with E-state index in [1.54, 1.807) is 19.4 Å². The molecule has 1 aromatic rings. The maximum atomic E-state index is 11.7. The topological polar surface area (TPSA) is 60.9 Å². The van der Waals surface area contributed by atoms with Crippen molar-refractivity contribution in [2.24, 2.45) is 0 Å². The molecule has 1 fully saturated rings. The molecule has 1 aliphatic heterocycles. The molecular weight excluding hydrogens is 236 g/mol. The number of aromatic nitrogens is 1. The quantitative estimate of drug-likeness (QED) is 0.729. The lowest BCUT2D eigenvalue weighted by molar-refractivity contribution is -0.144. The Bertz CT molecular complexity index is 424. The first-order valence-corrected chi connectivity index (χ1v) is 5.68. The molecule has 0 radical (unpaired) electrons. The smallest absolute Gasteiger partial charge is 0.330 e. The van der Waals surface area contributed by atoms with E-state index in [9.17, 15) is 4.79 Å². The van der Waals surface area contributed by atoms with Gasteiger partial charge in [-0.1, -0.05) is 0 Å². The molecule has 2 heterocycles. The van der Waals surface area contributed by atoms with Gasteiger partial charge in [-0.25, -0.2) is 9.78 Å². The number of rotatable bonds is 3. The van der Waals surface area contributed by atoms with Gasteiger partial charge in [-0.05, 0) is 6.07 Å². The molecule has 98 valence electrons. The van der Waals surface area contributed by atoms with E-state index in [4.69, 9.17) is 14.2 Å². The van der Waals surface area contributed by atoms with Crippen LogP contribution in [0, 0.1) is 0 Å². The molecule has 2 rings (SSSR count). The fraction of sp³-hybridized carbons (Fsp3) is 0.500. The largest absolute Gasteiger partial charge is 0.481 e. The van der Waals surface area contributed by atoms with E-state index in [0.29, 0.717) is 25.6 Å². The first kappa shape index (κ1) is 12.6. The standard InChI is InChI=1S/C12H16N2O4/c1-16-11-7-9(3-4-13-11)14-5-6-18-8-10(14)12(15)17-2/h3-4,7,10H,5-6,8H2,1-2H3. The van der Waals surface area contributed by atoms with E-state index in [0.717, 1.165) is 5.69 Å². The normalized spacial score (nSPS) is 19.4. The third-order valence-electron chi connectivity index (χ3n) is 2.86. The summed E-state index contributed by atoms with van der Waals surface area (Å²) in [7, 11) is 2.94. The second-order valence-electron chi connectivity index (χ2n) is 3.86. The summed E-state index contributed by atoms with van der Waals surface area (Å²) in [6.07, 6.45) is 1.65. The minimum Gasteiger partial charge on any atom is -0.481 e. The molecule has 1 saturated heterocycles. The lowest BCUT2D eigenvalue weighted by atomic mass is 10.2. The number of esters is 1. The molecule has 18 heavy (non-hydrogen) atoms. The van der Waals surface area contributed by atoms with Gasteiger partial charge in [0.1, 0.15) is 0 Å². The van der Waals surface area contributed by atoms with Crippen LogP contribution in [-0.2, 0) is 14.3 Å². The Kier molecular flexibility index (Phi) is 3.99. The highest BCUT2D eigenvalue weighted by atomic mass is 16.5. The van der Waals surface area contributed by atoms with Crippen molar-refractivity contribution in [3.05, 3.63) is 18.3 Å². The highest BCUT2D eigenvalue weighted by Gasteiger charge is 2.30. The number of anilines is 1. The number of carbonyl (C=O) groups excluding carboxylic acids is 1. The highest BCUT2D eigenvalue weighted by Crippen LogP contribution is 2.23. The molecule has 0 spiro atoms. The van der Waals surface area contributed by atoms with Gasteiger partial charge in [0.15, 0.2) is 6.04 Å². The zero-order valence-electron chi connectivity index (χ0n) is 10.5. The van der Waals surface area contributed by atoms with Crippen molar-refractivity contribution in [1.82, 2.24) is 4.98 Å². The van der Waals surface area contributed by atoms with E-state index in [2.05, 4.69) is 4.98 Å². The summed E-state index contributed by atoms with van der Waals surface area (Å²) in [5.74, 6) is 0.216. The van der Waals surface area contributed by atoms with Gasteiger partial charge in [0.25, 0.3) is 0 Å². The molecule has 1 unspecified atom stereocenters. The van der Waals surface area contributed by atoms with Crippen molar-refractivity contribution in [1.29, 1.82) is 0 Å². The Hall–Kier alpha value is -1.82. The Morgan fingerprint density at radius 2 is 2.39 bits per heavy atom. The van der Waals surface area contributed by atoms with E-state index in [1.165, 1.54) is 7.11 Å². The van der Waals surface area contributed by atoms with Crippen molar-refractivity contribution in [3.63, 3.8) is 0 Å². The Balaban J connectivity index is 2.24. The first-order valence-electron chi connectivity index (χ1n) is 5.68. The Labute approximate surface area is 105 Å². The van der Waals surface area contributed by atoms with Crippen molar-refractivity contribution >= 4 is 11.7 Å². The summed E-state index contributed by atoms with van der Waals surface area (Å²) in [4.78, 5) is 17.7. The van der Waals surface area contributed by atoms with Crippen LogP contribution in [0.5, 0.6) is 5.88 Å². The molecule has 0 aliphatic carbocycles. The Morgan fingerprint density at radius 1 is 1.56 bits per heavy atom. The van der Waals surface area contributed by atoms with Crippen LogP contribution in [0.25, 0.3) is 0 Å². The second-order valence-corrected chi connectivity index (χ2v) is 3.86. The molecule has 1 aromatic heterocycles. The molecule has 6 heteroatoms. The summed E-state index contributed by atoms with van der Waals surface area (Å²) >= 11 is 0. The van der Waals surface area contributed by atoms with Gasteiger partial charge < -0.3 is 19.1 Å². The molecular formula is C12H16N2O4.